The molecule has 2 nitrogen and oxygen atoms in total. The summed E-state index contributed by atoms with van der Waals surface area (Å²) in [5.41, 5.74) is 0.601. The molecular weight excluding hydrogens is 157 g/mol. The van der Waals surface area contributed by atoms with Crippen molar-refractivity contribution in [3.63, 3.8) is 0 Å². The lowest BCUT2D eigenvalue weighted by Crippen LogP contribution is -2.29. The van der Waals surface area contributed by atoms with Gasteiger partial charge in [-0.25, -0.2) is 4.39 Å². The van der Waals surface area contributed by atoms with Gasteiger partial charge in [0.1, 0.15) is 5.82 Å². The number of aliphatic hydroxyl groups is 1. The molecule has 64 valence electrons. The van der Waals surface area contributed by atoms with Crippen molar-refractivity contribution in [2.75, 3.05) is 0 Å². The Bertz CT molecular complexity index is 290. The van der Waals surface area contributed by atoms with Gasteiger partial charge in [0.05, 0.1) is 12.3 Å². The van der Waals surface area contributed by atoms with Gasteiger partial charge in [0.15, 0.2) is 0 Å². The number of pyridine rings is 1. The van der Waals surface area contributed by atoms with Gasteiger partial charge in [-0.2, -0.15) is 0 Å². The van der Waals surface area contributed by atoms with Crippen molar-refractivity contribution >= 4 is 0 Å². The van der Waals surface area contributed by atoms with Crippen LogP contribution in [0.3, 0.4) is 0 Å². The molecule has 1 aliphatic rings. The lowest BCUT2D eigenvalue weighted by Gasteiger charge is -2.32. The van der Waals surface area contributed by atoms with E-state index >= 15 is 0 Å². The molecule has 0 spiro atoms. The third-order valence-electron chi connectivity index (χ3n) is 2.44. The third-order valence-corrected chi connectivity index (χ3v) is 2.44. The van der Waals surface area contributed by atoms with E-state index < -0.39 is 0 Å². The van der Waals surface area contributed by atoms with Gasteiger partial charge in [-0.1, -0.05) is 0 Å². The highest BCUT2D eigenvalue weighted by molar-refractivity contribution is 5.22. The smallest absolute Gasteiger partial charge is 0.145 e. The first-order valence-electron chi connectivity index (χ1n) is 4.06. The Morgan fingerprint density at radius 2 is 2.33 bits per heavy atom. The Labute approximate surface area is 70.1 Å². The number of nitrogens with zero attached hydrogens (tertiary/aromatic N) is 1. The van der Waals surface area contributed by atoms with Crippen molar-refractivity contribution in [3.05, 3.63) is 29.8 Å². The van der Waals surface area contributed by atoms with Crippen LogP contribution in [0.4, 0.5) is 4.39 Å². The summed E-state index contributed by atoms with van der Waals surface area (Å²) in [7, 11) is 0. The molecule has 2 unspecified atom stereocenters. The van der Waals surface area contributed by atoms with Crippen LogP contribution < -0.4 is 0 Å². The SMILES string of the molecule is OC1CCC1c1ccncc1F. The van der Waals surface area contributed by atoms with Gasteiger partial charge in [-0.05, 0) is 24.5 Å². The van der Waals surface area contributed by atoms with Crippen molar-refractivity contribution in [2.45, 2.75) is 24.9 Å². The summed E-state index contributed by atoms with van der Waals surface area (Å²) >= 11 is 0. The Morgan fingerprint density at radius 1 is 1.50 bits per heavy atom. The fourth-order valence-electron chi connectivity index (χ4n) is 1.53. The molecule has 1 heterocycles. The predicted molar refractivity (Wildman–Crippen MR) is 42.2 cm³/mol. The van der Waals surface area contributed by atoms with Crippen LogP contribution in [0, 0.1) is 5.82 Å². The maximum absolute atomic E-state index is 13.1. The molecule has 0 aromatic carbocycles. The van der Waals surface area contributed by atoms with E-state index in [1.807, 2.05) is 0 Å². The number of rotatable bonds is 1. The van der Waals surface area contributed by atoms with Crippen LogP contribution in [-0.2, 0) is 0 Å². The molecule has 0 aliphatic heterocycles. The van der Waals surface area contributed by atoms with E-state index in [9.17, 15) is 9.50 Å². The fourth-order valence-corrected chi connectivity index (χ4v) is 1.53. The van der Waals surface area contributed by atoms with Crippen molar-refractivity contribution in [3.8, 4) is 0 Å². The second-order valence-corrected chi connectivity index (χ2v) is 3.15. The van der Waals surface area contributed by atoms with E-state index in [4.69, 9.17) is 0 Å². The summed E-state index contributed by atoms with van der Waals surface area (Å²) < 4.78 is 13.1. The Kier molecular flexibility index (Phi) is 1.81. The molecule has 1 N–H and O–H groups in total. The average Bonchev–Trinajstić information content (AvgIpc) is 2.06. The number of aromatic nitrogens is 1. The molecular formula is C9H10FNO. The van der Waals surface area contributed by atoms with E-state index in [1.54, 1.807) is 12.3 Å². The molecule has 1 aromatic heterocycles. The molecule has 0 saturated heterocycles. The van der Waals surface area contributed by atoms with Crippen molar-refractivity contribution < 1.29 is 9.50 Å². The lowest BCUT2D eigenvalue weighted by atomic mass is 9.77. The zero-order chi connectivity index (χ0) is 8.55. The summed E-state index contributed by atoms with van der Waals surface area (Å²) in [6.45, 7) is 0. The summed E-state index contributed by atoms with van der Waals surface area (Å²) in [6.07, 6.45) is 4.06. The van der Waals surface area contributed by atoms with Crippen LogP contribution >= 0.6 is 0 Å². The highest BCUT2D eigenvalue weighted by atomic mass is 19.1. The van der Waals surface area contributed by atoms with Crippen molar-refractivity contribution in [1.82, 2.24) is 4.98 Å². The van der Waals surface area contributed by atoms with E-state index in [0.717, 1.165) is 12.8 Å². The maximum Gasteiger partial charge on any atom is 0.145 e. The third kappa shape index (κ3) is 1.10. The molecule has 1 fully saturated rings. The molecule has 0 radical (unpaired) electrons. The first kappa shape index (κ1) is 7.68. The van der Waals surface area contributed by atoms with Crippen LogP contribution in [0.15, 0.2) is 18.5 Å². The minimum atomic E-state index is -0.359. The number of hydrogen-bond acceptors (Lipinski definition) is 2. The maximum atomic E-state index is 13.1. The predicted octanol–water partition coefficient (Wildman–Crippen LogP) is 1.46. The minimum Gasteiger partial charge on any atom is -0.392 e. The summed E-state index contributed by atoms with van der Waals surface area (Å²) in [6, 6.07) is 1.64. The Hall–Kier alpha value is -0.960. The van der Waals surface area contributed by atoms with Crippen LogP contribution in [0.1, 0.15) is 24.3 Å². The number of aliphatic hydroxyl groups excluding tert-OH is 1. The quantitative estimate of drug-likeness (QED) is 0.686. The molecule has 0 bridgehead atoms. The number of halogens is 1. The van der Waals surface area contributed by atoms with Gasteiger partial charge in [-0.3, -0.25) is 4.98 Å². The molecule has 1 aromatic rings. The normalized spacial score (nSPS) is 28.2. The zero-order valence-electron chi connectivity index (χ0n) is 6.57. The molecule has 2 atom stereocenters. The largest absolute Gasteiger partial charge is 0.392 e. The highest BCUT2D eigenvalue weighted by Gasteiger charge is 2.31. The zero-order valence-corrected chi connectivity index (χ0v) is 6.57. The first-order chi connectivity index (χ1) is 5.79. The van der Waals surface area contributed by atoms with Gasteiger partial charge in [0.25, 0.3) is 0 Å². The lowest BCUT2D eigenvalue weighted by molar-refractivity contribution is 0.0644. The summed E-state index contributed by atoms with van der Waals surface area (Å²) in [5.74, 6) is -0.311. The Morgan fingerprint density at radius 3 is 2.83 bits per heavy atom. The second kappa shape index (κ2) is 2.83. The van der Waals surface area contributed by atoms with Crippen molar-refractivity contribution in [1.29, 1.82) is 0 Å². The molecule has 2 rings (SSSR count). The summed E-state index contributed by atoms with van der Waals surface area (Å²) in [4.78, 5) is 3.65. The molecule has 1 saturated carbocycles. The van der Waals surface area contributed by atoms with Gasteiger partial charge >= 0.3 is 0 Å². The van der Waals surface area contributed by atoms with Gasteiger partial charge in [-0.15, -0.1) is 0 Å². The van der Waals surface area contributed by atoms with Crippen LogP contribution in [0.2, 0.25) is 0 Å². The second-order valence-electron chi connectivity index (χ2n) is 3.15. The topological polar surface area (TPSA) is 33.1 Å². The van der Waals surface area contributed by atoms with E-state index in [2.05, 4.69) is 4.98 Å². The van der Waals surface area contributed by atoms with E-state index in [1.165, 1.54) is 6.20 Å². The average molecular weight is 167 g/mol. The van der Waals surface area contributed by atoms with Crippen LogP contribution in [0.25, 0.3) is 0 Å². The Balaban J connectivity index is 2.27. The number of hydrogen-bond donors (Lipinski definition) is 1. The monoisotopic (exact) mass is 167 g/mol. The van der Waals surface area contributed by atoms with Gasteiger partial charge in [0, 0.05) is 12.1 Å². The van der Waals surface area contributed by atoms with E-state index in [0.29, 0.717) is 5.56 Å². The van der Waals surface area contributed by atoms with Crippen molar-refractivity contribution in [2.24, 2.45) is 0 Å². The van der Waals surface area contributed by atoms with Crippen LogP contribution in [-0.4, -0.2) is 16.2 Å². The molecule has 3 heteroatoms. The molecule has 1 aliphatic carbocycles. The first-order valence-corrected chi connectivity index (χ1v) is 4.06. The molecule has 0 amide bonds. The highest BCUT2D eigenvalue weighted by Crippen LogP contribution is 2.37. The van der Waals surface area contributed by atoms with E-state index in [-0.39, 0.29) is 17.8 Å². The van der Waals surface area contributed by atoms with Gasteiger partial charge < -0.3 is 5.11 Å². The fraction of sp³-hybridized carbons (Fsp3) is 0.444. The standard InChI is InChI=1S/C9H10FNO/c10-8-5-11-4-3-6(8)7-1-2-9(7)12/h3-5,7,9,12H,1-2H2. The minimum absolute atomic E-state index is 0.00648. The summed E-state index contributed by atoms with van der Waals surface area (Å²) in [5, 5.41) is 9.30. The molecule has 12 heavy (non-hydrogen) atoms. The van der Waals surface area contributed by atoms with Gasteiger partial charge in [0.2, 0.25) is 0 Å². The van der Waals surface area contributed by atoms with Crippen LogP contribution in [0.5, 0.6) is 0 Å².